The van der Waals surface area contributed by atoms with Crippen LogP contribution in [-0.4, -0.2) is 23.6 Å². The van der Waals surface area contributed by atoms with Crippen molar-refractivity contribution in [2.24, 2.45) is 5.73 Å². The number of benzene rings is 1. The molecule has 0 aliphatic heterocycles. The van der Waals surface area contributed by atoms with Crippen molar-refractivity contribution in [1.82, 2.24) is 0 Å². The van der Waals surface area contributed by atoms with Crippen LogP contribution in [0, 0.1) is 0 Å². The van der Waals surface area contributed by atoms with Crippen molar-refractivity contribution in [3.8, 4) is 5.75 Å². The maximum atomic E-state index is 10.6. The van der Waals surface area contributed by atoms with Crippen LogP contribution >= 0.6 is 8.25 Å². The topological polar surface area (TPSA) is 81.8 Å². The van der Waals surface area contributed by atoms with Crippen molar-refractivity contribution in [3.05, 3.63) is 29.8 Å². The molecule has 0 aliphatic rings. The summed E-state index contributed by atoms with van der Waals surface area (Å²) in [6, 6.07) is 8.00. The van der Waals surface area contributed by atoms with Crippen molar-refractivity contribution in [1.29, 1.82) is 0 Å². The molecule has 5 nitrogen and oxygen atoms in total. The van der Waals surface area contributed by atoms with Crippen molar-refractivity contribution in [2.45, 2.75) is 51.5 Å². The summed E-state index contributed by atoms with van der Waals surface area (Å²) >= 11 is 0. The molecule has 0 heterocycles. The average molecular weight is 329 g/mol. The first-order chi connectivity index (χ1) is 10.4. The summed E-state index contributed by atoms with van der Waals surface area (Å²) < 4.78 is 21.0. The van der Waals surface area contributed by atoms with Crippen LogP contribution in [0.25, 0.3) is 0 Å². The smallest absolute Gasteiger partial charge is 0.316 e. The molecule has 0 spiro atoms. The summed E-state index contributed by atoms with van der Waals surface area (Å²) in [5.41, 5.74) is 6.60. The van der Waals surface area contributed by atoms with Gasteiger partial charge in [-0.15, -0.1) is 0 Å². The molecule has 22 heavy (non-hydrogen) atoms. The third kappa shape index (κ3) is 8.54. The monoisotopic (exact) mass is 329 g/mol. The van der Waals surface area contributed by atoms with Crippen LogP contribution in [0.5, 0.6) is 5.75 Å². The Morgan fingerprint density at radius 2 is 1.95 bits per heavy atom. The number of hydrogen-bond acceptors (Lipinski definition) is 4. The number of rotatable bonds is 11. The Labute approximate surface area is 133 Å². The summed E-state index contributed by atoms with van der Waals surface area (Å²) in [7, 11) is -2.91. The van der Waals surface area contributed by atoms with E-state index in [2.05, 4.69) is 6.92 Å². The van der Waals surface area contributed by atoms with Gasteiger partial charge < -0.3 is 19.9 Å². The lowest BCUT2D eigenvalue weighted by molar-refractivity contribution is 0.208. The second-order valence-electron chi connectivity index (χ2n) is 5.91. The molecule has 2 atom stereocenters. The molecule has 1 aromatic carbocycles. The van der Waals surface area contributed by atoms with Crippen molar-refractivity contribution >= 4 is 8.25 Å². The predicted molar refractivity (Wildman–Crippen MR) is 89.5 cm³/mol. The first-order valence-electron chi connectivity index (χ1n) is 7.79. The first kappa shape index (κ1) is 19.2. The minimum absolute atomic E-state index is 0.0833. The summed E-state index contributed by atoms with van der Waals surface area (Å²) in [6.07, 6.45) is 4.93. The maximum absolute atomic E-state index is 10.6. The Morgan fingerprint density at radius 1 is 1.27 bits per heavy atom. The molecule has 0 amide bonds. The van der Waals surface area contributed by atoms with Crippen LogP contribution in [-0.2, 0) is 15.5 Å². The maximum Gasteiger partial charge on any atom is 0.316 e. The van der Waals surface area contributed by atoms with Crippen LogP contribution in [0.4, 0.5) is 0 Å². The van der Waals surface area contributed by atoms with E-state index in [1.165, 1.54) is 12.8 Å². The van der Waals surface area contributed by atoms with Gasteiger partial charge >= 0.3 is 8.25 Å². The summed E-state index contributed by atoms with van der Waals surface area (Å²) in [5.74, 6) is 0.887. The van der Waals surface area contributed by atoms with Gasteiger partial charge in [0.25, 0.3) is 0 Å². The summed E-state index contributed by atoms with van der Waals surface area (Å²) in [6.45, 7) is 4.83. The Bertz CT molecular complexity index is 448. The molecule has 0 bridgehead atoms. The standard InChI is InChI=1S/C16H28NO4P/c1-3-4-5-12-20-15-8-6-14(7-9-15)10-11-16(2,17)13-21-22(18)19/h6-9,22H,3-5,10-13,17H2,1-2H3,(H,18,19)/t16-/m1/s1. The van der Waals surface area contributed by atoms with E-state index in [9.17, 15) is 4.57 Å². The number of nitrogens with two attached hydrogens (primary N) is 1. The summed E-state index contributed by atoms with van der Waals surface area (Å²) in [5, 5.41) is 0. The second-order valence-corrected chi connectivity index (χ2v) is 6.73. The van der Waals surface area contributed by atoms with Crippen LogP contribution in [0.2, 0.25) is 0 Å². The fourth-order valence-corrected chi connectivity index (χ4v) is 2.48. The van der Waals surface area contributed by atoms with Gasteiger partial charge in [-0.3, -0.25) is 4.57 Å². The molecule has 6 heteroatoms. The molecule has 0 saturated heterocycles. The third-order valence-corrected chi connectivity index (χ3v) is 3.84. The Kier molecular flexibility index (Phi) is 8.72. The van der Waals surface area contributed by atoms with E-state index in [0.717, 1.165) is 30.8 Å². The van der Waals surface area contributed by atoms with Crippen molar-refractivity contribution < 1.29 is 18.7 Å². The van der Waals surface area contributed by atoms with Crippen molar-refractivity contribution in [3.63, 3.8) is 0 Å². The van der Waals surface area contributed by atoms with E-state index in [4.69, 9.17) is 19.9 Å². The van der Waals surface area contributed by atoms with Gasteiger partial charge in [0.2, 0.25) is 0 Å². The van der Waals surface area contributed by atoms with E-state index in [1.54, 1.807) is 0 Å². The molecule has 0 aliphatic carbocycles. The highest BCUT2D eigenvalue weighted by atomic mass is 31.1. The molecule has 1 unspecified atom stereocenters. The molecule has 126 valence electrons. The normalized spacial score (nSPS) is 15.3. The molecular weight excluding hydrogens is 301 g/mol. The van der Waals surface area contributed by atoms with Gasteiger partial charge in [-0.2, -0.15) is 0 Å². The molecule has 1 rings (SSSR count). The lowest BCUT2D eigenvalue weighted by atomic mass is 9.95. The average Bonchev–Trinajstić information content (AvgIpc) is 2.49. The number of unbranched alkanes of at least 4 members (excludes halogenated alkanes) is 2. The van der Waals surface area contributed by atoms with Gasteiger partial charge in [-0.25, -0.2) is 0 Å². The van der Waals surface area contributed by atoms with Gasteiger partial charge in [0, 0.05) is 5.54 Å². The minimum Gasteiger partial charge on any atom is -0.494 e. The molecule has 0 aromatic heterocycles. The van der Waals surface area contributed by atoms with Gasteiger partial charge in [0.15, 0.2) is 0 Å². The number of aryl methyl sites for hydroxylation is 1. The summed E-state index contributed by atoms with van der Waals surface area (Å²) in [4.78, 5) is 8.69. The zero-order valence-corrected chi connectivity index (χ0v) is 14.5. The Balaban J connectivity index is 2.35. The highest BCUT2D eigenvalue weighted by molar-refractivity contribution is 7.32. The van der Waals surface area contributed by atoms with E-state index >= 15 is 0 Å². The molecule has 0 radical (unpaired) electrons. The van der Waals surface area contributed by atoms with E-state index in [0.29, 0.717) is 6.42 Å². The zero-order valence-electron chi connectivity index (χ0n) is 13.5. The fourth-order valence-electron chi connectivity index (χ4n) is 2.02. The highest BCUT2D eigenvalue weighted by Gasteiger charge is 2.19. The van der Waals surface area contributed by atoms with Crippen molar-refractivity contribution in [2.75, 3.05) is 13.2 Å². The first-order valence-corrected chi connectivity index (χ1v) is 9.05. The highest BCUT2D eigenvalue weighted by Crippen LogP contribution is 2.21. The van der Waals surface area contributed by atoms with E-state index in [-0.39, 0.29) is 6.61 Å². The predicted octanol–water partition coefficient (Wildman–Crippen LogP) is 3.30. The quantitative estimate of drug-likeness (QED) is 0.481. The number of hydrogen-bond donors (Lipinski definition) is 2. The zero-order chi connectivity index (χ0) is 16.4. The fraction of sp³-hybridized carbons (Fsp3) is 0.625. The van der Waals surface area contributed by atoms with Gasteiger partial charge in [0.1, 0.15) is 5.75 Å². The van der Waals surface area contributed by atoms with Gasteiger partial charge in [-0.05, 0) is 43.9 Å². The van der Waals surface area contributed by atoms with E-state index in [1.807, 2.05) is 31.2 Å². The van der Waals surface area contributed by atoms with E-state index < -0.39 is 13.8 Å². The molecule has 0 fully saturated rings. The molecule has 3 N–H and O–H groups in total. The lowest BCUT2D eigenvalue weighted by Crippen LogP contribution is -2.41. The molecule has 0 saturated carbocycles. The largest absolute Gasteiger partial charge is 0.494 e. The Hall–Kier alpha value is -0.870. The van der Waals surface area contributed by atoms with Crippen LogP contribution < -0.4 is 10.5 Å². The second kappa shape index (κ2) is 10.0. The van der Waals surface area contributed by atoms with Crippen LogP contribution in [0.15, 0.2) is 24.3 Å². The lowest BCUT2D eigenvalue weighted by Gasteiger charge is -2.23. The third-order valence-electron chi connectivity index (χ3n) is 3.45. The van der Waals surface area contributed by atoms with Crippen LogP contribution in [0.3, 0.4) is 0 Å². The Morgan fingerprint density at radius 3 is 2.55 bits per heavy atom. The SMILES string of the molecule is CCCCCOc1ccc(CC[C@@](C)(N)CO[PH](=O)O)cc1. The van der Waals surface area contributed by atoms with Gasteiger partial charge in [0.05, 0.1) is 13.2 Å². The minimum atomic E-state index is -2.91. The van der Waals surface area contributed by atoms with Gasteiger partial charge in [-0.1, -0.05) is 31.9 Å². The molecular formula is C16H28NO4P. The van der Waals surface area contributed by atoms with Crippen LogP contribution in [0.1, 0.15) is 45.1 Å². The molecule has 1 aromatic rings. The number of ether oxygens (including phenoxy) is 1.